The molecule has 1 rings (SSSR count). The van der Waals surface area contributed by atoms with Gasteiger partial charge in [-0.25, -0.2) is 4.39 Å². The van der Waals surface area contributed by atoms with Gasteiger partial charge in [0.25, 0.3) is 0 Å². The molecule has 3 nitrogen and oxygen atoms in total. The zero-order chi connectivity index (χ0) is 13.0. The van der Waals surface area contributed by atoms with E-state index in [1.165, 1.54) is 12.1 Å². The number of amides is 1. The van der Waals surface area contributed by atoms with Gasteiger partial charge in [-0.3, -0.25) is 4.79 Å². The van der Waals surface area contributed by atoms with Gasteiger partial charge < -0.3 is 11.1 Å². The number of hydrogen-bond donors (Lipinski definition) is 2. The van der Waals surface area contributed by atoms with Crippen molar-refractivity contribution in [3.63, 3.8) is 0 Å². The average Bonchev–Trinajstić information content (AvgIpc) is 2.30. The molecule has 0 saturated heterocycles. The summed E-state index contributed by atoms with van der Waals surface area (Å²) in [6.45, 7) is 3.82. The van der Waals surface area contributed by atoms with E-state index >= 15 is 0 Å². The summed E-state index contributed by atoms with van der Waals surface area (Å²) in [6, 6.07) is 3.43. The van der Waals surface area contributed by atoms with E-state index in [0.717, 1.165) is 12.5 Å². The van der Waals surface area contributed by atoms with Crippen molar-refractivity contribution in [3.8, 4) is 0 Å². The summed E-state index contributed by atoms with van der Waals surface area (Å²) < 4.78 is 13.4. The van der Waals surface area contributed by atoms with Crippen molar-refractivity contribution in [3.05, 3.63) is 29.0 Å². The molecule has 0 bridgehead atoms. The Kier molecular flexibility index (Phi) is 4.90. The molecule has 17 heavy (non-hydrogen) atoms. The number of benzene rings is 1. The van der Waals surface area contributed by atoms with Crippen molar-refractivity contribution in [2.24, 2.45) is 11.7 Å². The molecular weight excluding hydrogens is 243 g/mol. The van der Waals surface area contributed by atoms with E-state index in [2.05, 4.69) is 5.32 Å². The number of carbonyl (C=O) groups is 1. The number of carbonyl (C=O) groups excluding carboxylic acids is 1. The second kappa shape index (κ2) is 5.98. The molecule has 5 heteroatoms. The van der Waals surface area contributed by atoms with E-state index in [4.69, 9.17) is 17.3 Å². The van der Waals surface area contributed by atoms with Gasteiger partial charge in [0.1, 0.15) is 5.82 Å². The first-order chi connectivity index (χ1) is 7.95. The van der Waals surface area contributed by atoms with Crippen molar-refractivity contribution in [1.82, 2.24) is 0 Å². The SMILES string of the molecule is CCC(C)[C@H](N)C(=O)Nc1ccc(Cl)cc1F. The first-order valence-corrected chi connectivity index (χ1v) is 5.85. The second-order valence-electron chi connectivity index (χ2n) is 4.02. The zero-order valence-corrected chi connectivity index (χ0v) is 10.6. The van der Waals surface area contributed by atoms with Crippen LogP contribution in [-0.2, 0) is 4.79 Å². The van der Waals surface area contributed by atoms with E-state index in [1.807, 2.05) is 13.8 Å². The summed E-state index contributed by atoms with van der Waals surface area (Å²) in [7, 11) is 0. The van der Waals surface area contributed by atoms with Crippen molar-refractivity contribution < 1.29 is 9.18 Å². The van der Waals surface area contributed by atoms with Crippen LogP contribution in [0.2, 0.25) is 5.02 Å². The Labute approximate surface area is 105 Å². The van der Waals surface area contributed by atoms with Gasteiger partial charge in [0.15, 0.2) is 0 Å². The molecule has 2 atom stereocenters. The molecule has 0 fully saturated rings. The second-order valence-corrected chi connectivity index (χ2v) is 4.46. The number of hydrogen-bond acceptors (Lipinski definition) is 2. The maximum absolute atomic E-state index is 13.4. The van der Waals surface area contributed by atoms with Crippen LogP contribution in [0, 0.1) is 11.7 Å². The lowest BCUT2D eigenvalue weighted by molar-refractivity contribution is -0.118. The quantitative estimate of drug-likeness (QED) is 0.873. The van der Waals surface area contributed by atoms with Crippen molar-refractivity contribution in [2.45, 2.75) is 26.3 Å². The van der Waals surface area contributed by atoms with E-state index in [1.54, 1.807) is 0 Å². The minimum Gasteiger partial charge on any atom is -0.322 e. The van der Waals surface area contributed by atoms with Gasteiger partial charge in [-0.15, -0.1) is 0 Å². The van der Waals surface area contributed by atoms with E-state index in [0.29, 0.717) is 0 Å². The molecule has 0 saturated carbocycles. The normalized spacial score (nSPS) is 14.2. The third-order valence-electron chi connectivity index (χ3n) is 2.75. The topological polar surface area (TPSA) is 55.1 Å². The fraction of sp³-hybridized carbons (Fsp3) is 0.417. The maximum atomic E-state index is 13.4. The molecule has 0 spiro atoms. The number of rotatable bonds is 4. The van der Waals surface area contributed by atoms with Crippen LogP contribution in [-0.4, -0.2) is 11.9 Å². The number of nitrogens with one attached hydrogen (secondary N) is 1. The Balaban J connectivity index is 2.74. The van der Waals surface area contributed by atoms with Crippen LogP contribution in [0.5, 0.6) is 0 Å². The zero-order valence-electron chi connectivity index (χ0n) is 9.84. The predicted octanol–water partition coefficient (Wildman–Crippen LogP) is 2.79. The Morgan fingerprint density at radius 1 is 1.59 bits per heavy atom. The van der Waals surface area contributed by atoms with Gasteiger partial charge in [0.2, 0.25) is 5.91 Å². The molecular formula is C12H16ClFN2O. The first kappa shape index (κ1) is 13.9. The van der Waals surface area contributed by atoms with Crippen LogP contribution >= 0.6 is 11.6 Å². The van der Waals surface area contributed by atoms with Crippen molar-refractivity contribution in [1.29, 1.82) is 0 Å². The van der Waals surface area contributed by atoms with Crippen LogP contribution in [0.25, 0.3) is 0 Å². The highest BCUT2D eigenvalue weighted by molar-refractivity contribution is 6.30. The van der Waals surface area contributed by atoms with Crippen LogP contribution < -0.4 is 11.1 Å². The Hall–Kier alpha value is -1.13. The lowest BCUT2D eigenvalue weighted by Gasteiger charge is -2.17. The molecule has 0 aliphatic rings. The van der Waals surface area contributed by atoms with Gasteiger partial charge in [-0.05, 0) is 24.1 Å². The number of anilines is 1. The highest BCUT2D eigenvalue weighted by Crippen LogP contribution is 2.19. The van der Waals surface area contributed by atoms with E-state index in [9.17, 15) is 9.18 Å². The van der Waals surface area contributed by atoms with Gasteiger partial charge >= 0.3 is 0 Å². The van der Waals surface area contributed by atoms with Gasteiger partial charge in [0, 0.05) is 5.02 Å². The molecule has 0 aromatic heterocycles. The first-order valence-electron chi connectivity index (χ1n) is 5.47. The summed E-state index contributed by atoms with van der Waals surface area (Å²) in [5.74, 6) is -0.909. The largest absolute Gasteiger partial charge is 0.322 e. The molecule has 0 aliphatic carbocycles. The smallest absolute Gasteiger partial charge is 0.241 e. The molecule has 1 amide bonds. The third-order valence-corrected chi connectivity index (χ3v) is 2.98. The van der Waals surface area contributed by atoms with Crippen LogP contribution in [0.15, 0.2) is 18.2 Å². The average molecular weight is 259 g/mol. The fourth-order valence-corrected chi connectivity index (χ4v) is 1.48. The summed E-state index contributed by atoms with van der Waals surface area (Å²) in [5.41, 5.74) is 5.83. The molecule has 1 unspecified atom stereocenters. The molecule has 94 valence electrons. The minimum atomic E-state index is -0.643. The summed E-state index contributed by atoms with van der Waals surface area (Å²) in [4.78, 5) is 11.7. The Morgan fingerprint density at radius 2 is 2.24 bits per heavy atom. The number of nitrogens with two attached hydrogens (primary N) is 1. The third kappa shape index (κ3) is 3.68. The van der Waals surface area contributed by atoms with Crippen LogP contribution in [0.4, 0.5) is 10.1 Å². The molecule has 0 aliphatic heterocycles. The highest BCUT2D eigenvalue weighted by atomic mass is 35.5. The van der Waals surface area contributed by atoms with Crippen LogP contribution in [0.1, 0.15) is 20.3 Å². The molecule has 0 heterocycles. The van der Waals surface area contributed by atoms with E-state index in [-0.39, 0.29) is 22.5 Å². The van der Waals surface area contributed by atoms with Gasteiger partial charge in [0.05, 0.1) is 11.7 Å². The Morgan fingerprint density at radius 3 is 2.76 bits per heavy atom. The molecule has 1 aromatic carbocycles. The summed E-state index contributed by atoms with van der Waals surface area (Å²) in [5, 5.41) is 2.74. The number of halogens is 2. The molecule has 1 aromatic rings. The lowest BCUT2D eigenvalue weighted by atomic mass is 9.99. The van der Waals surface area contributed by atoms with Gasteiger partial charge in [-0.2, -0.15) is 0 Å². The summed E-state index contributed by atoms with van der Waals surface area (Å²) in [6.07, 6.45) is 0.789. The van der Waals surface area contributed by atoms with Crippen molar-refractivity contribution in [2.75, 3.05) is 5.32 Å². The standard InChI is InChI=1S/C12H16ClFN2O/c1-3-7(2)11(15)12(17)16-10-5-4-8(13)6-9(10)14/h4-7,11H,3,15H2,1-2H3,(H,16,17)/t7?,11-/m0/s1. The fourth-order valence-electron chi connectivity index (χ4n) is 1.32. The highest BCUT2D eigenvalue weighted by Gasteiger charge is 2.20. The van der Waals surface area contributed by atoms with Crippen LogP contribution in [0.3, 0.4) is 0 Å². The Bertz CT molecular complexity index is 411. The van der Waals surface area contributed by atoms with E-state index < -0.39 is 11.9 Å². The maximum Gasteiger partial charge on any atom is 0.241 e. The molecule has 0 radical (unpaired) electrons. The van der Waals surface area contributed by atoms with Gasteiger partial charge in [-0.1, -0.05) is 31.9 Å². The van der Waals surface area contributed by atoms with Crippen molar-refractivity contribution >= 4 is 23.2 Å². The lowest BCUT2D eigenvalue weighted by Crippen LogP contribution is -2.40. The monoisotopic (exact) mass is 258 g/mol. The predicted molar refractivity (Wildman–Crippen MR) is 67.5 cm³/mol. The summed E-state index contributed by atoms with van der Waals surface area (Å²) >= 11 is 5.61. The minimum absolute atomic E-state index is 0.0466. The molecule has 3 N–H and O–H groups in total.